The zero-order chi connectivity index (χ0) is 24.5. The summed E-state index contributed by atoms with van der Waals surface area (Å²) in [4.78, 5) is 30.5. The first-order valence-electron chi connectivity index (χ1n) is 10.8. The van der Waals surface area contributed by atoms with E-state index in [0.29, 0.717) is 24.5 Å². The summed E-state index contributed by atoms with van der Waals surface area (Å²) < 4.78 is 18.6. The minimum absolute atomic E-state index is 0.132. The van der Waals surface area contributed by atoms with Crippen LogP contribution in [0.4, 0.5) is 14.9 Å². The molecule has 0 saturated carbocycles. The fourth-order valence-corrected chi connectivity index (χ4v) is 4.24. The maximum absolute atomic E-state index is 13.4. The number of ether oxygens (including phenoxy) is 1. The van der Waals surface area contributed by atoms with Crippen LogP contribution < -0.4 is 10.1 Å². The minimum atomic E-state index is -0.421. The van der Waals surface area contributed by atoms with E-state index in [2.05, 4.69) is 11.9 Å². The number of methoxy groups -OCH3 is 1. The predicted molar refractivity (Wildman–Crippen MR) is 133 cm³/mol. The third-order valence-corrected chi connectivity index (χ3v) is 6.23. The van der Waals surface area contributed by atoms with E-state index in [9.17, 15) is 14.0 Å². The van der Waals surface area contributed by atoms with E-state index in [1.54, 1.807) is 65.8 Å². The van der Waals surface area contributed by atoms with Crippen molar-refractivity contribution in [3.63, 3.8) is 0 Å². The van der Waals surface area contributed by atoms with Crippen LogP contribution in [0.3, 0.4) is 0 Å². The smallest absolute Gasteiger partial charge is 0.322 e. The standard InChI is InChI=1S/C26H28FN3O3S/c1-4-13-29(26(32)28-22-6-5-7-23(15-22)33-3)18-25(31)30(17-24-19(2)12-14-34-24)16-20-8-10-21(27)11-9-20/h4-12,14-15H,1,13,16-18H2,2-3H3,(H,28,32). The molecule has 3 amide bonds. The zero-order valence-electron chi connectivity index (χ0n) is 19.3. The van der Waals surface area contributed by atoms with Crippen LogP contribution in [0.5, 0.6) is 5.75 Å². The lowest BCUT2D eigenvalue weighted by Gasteiger charge is -2.27. The molecule has 0 radical (unpaired) electrons. The van der Waals surface area contributed by atoms with Crippen LogP contribution in [0, 0.1) is 12.7 Å². The topological polar surface area (TPSA) is 61.9 Å². The van der Waals surface area contributed by atoms with Crippen molar-refractivity contribution in [1.82, 2.24) is 9.80 Å². The van der Waals surface area contributed by atoms with Gasteiger partial charge in [0.15, 0.2) is 0 Å². The molecule has 0 bridgehead atoms. The van der Waals surface area contributed by atoms with E-state index >= 15 is 0 Å². The van der Waals surface area contributed by atoms with Crippen molar-refractivity contribution in [2.45, 2.75) is 20.0 Å². The second kappa shape index (κ2) is 12.0. The molecule has 3 rings (SSSR count). The summed E-state index contributed by atoms with van der Waals surface area (Å²) in [7, 11) is 1.55. The molecule has 1 N–H and O–H groups in total. The number of carbonyl (C=O) groups excluding carboxylic acids is 2. The first-order valence-corrected chi connectivity index (χ1v) is 11.6. The summed E-state index contributed by atoms with van der Waals surface area (Å²) in [5.41, 5.74) is 2.46. The molecule has 1 aromatic heterocycles. The molecule has 0 unspecified atom stereocenters. The molecule has 0 spiro atoms. The second-order valence-corrected chi connectivity index (χ2v) is 8.74. The Labute approximate surface area is 203 Å². The van der Waals surface area contributed by atoms with Gasteiger partial charge in [-0.1, -0.05) is 24.3 Å². The van der Waals surface area contributed by atoms with Gasteiger partial charge in [-0.05, 0) is 53.8 Å². The Morgan fingerprint density at radius 1 is 1.12 bits per heavy atom. The highest BCUT2D eigenvalue weighted by atomic mass is 32.1. The number of carbonyl (C=O) groups is 2. The molecule has 34 heavy (non-hydrogen) atoms. The molecule has 6 nitrogen and oxygen atoms in total. The second-order valence-electron chi connectivity index (χ2n) is 7.73. The van der Waals surface area contributed by atoms with Crippen LogP contribution in [0.15, 0.2) is 72.6 Å². The highest BCUT2D eigenvalue weighted by Crippen LogP contribution is 2.20. The SMILES string of the molecule is C=CCN(CC(=O)N(Cc1ccc(F)cc1)Cc1sccc1C)C(=O)Nc1cccc(OC)c1. The molecule has 0 atom stereocenters. The zero-order valence-corrected chi connectivity index (χ0v) is 20.1. The molecule has 0 fully saturated rings. The van der Waals surface area contributed by atoms with Crippen molar-refractivity contribution >= 4 is 29.0 Å². The number of benzene rings is 2. The number of thiophene rings is 1. The molecule has 0 aliphatic rings. The van der Waals surface area contributed by atoms with Crippen LogP contribution >= 0.6 is 11.3 Å². The molecule has 1 heterocycles. The van der Waals surface area contributed by atoms with Gasteiger partial charge < -0.3 is 19.9 Å². The number of urea groups is 1. The van der Waals surface area contributed by atoms with Crippen LogP contribution in [0.1, 0.15) is 16.0 Å². The van der Waals surface area contributed by atoms with E-state index in [4.69, 9.17) is 4.74 Å². The average Bonchev–Trinajstić information content (AvgIpc) is 3.24. The summed E-state index contributed by atoms with van der Waals surface area (Å²) >= 11 is 1.57. The molecule has 2 aromatic carbocycles. The molecule has 8 heteroatoms. The summed E-state index contributed by atoms with van der Waals surface area (Å²) in [6, 6.07) is 14.6. The van der Waals surface area contributed by atoms with Crippen LogP contribution in [0.2, 0.25) is 0 Å². The Kier molecular flexibility index (Phi) is 8.81. The lowest BCUT2D eigenvalue weighted by atomic mass is 10.2. The Bertz CT molecular complexity index is 1130. The van der Waals surface area contributed by atoms with Crippen molar-refractivity contribution in [2.75, 3.05) is 25.5 Å². The lowest BCUT2D eigenvalue weighted by Crippen LogP contribution is -2.44. The maximum atomic E-state index is 13.4. The quantitative estimate of drug-likeness (QED) is 0.392. The number of nitrogens with zero attached hydrogens (tertiary/aromatic N) is 2. The molecular weight excluding hydrogens is 453 g/mol. The first-order chi connectivity index (χ1) is 16.4. The fraction of sp³-hybridized carbons (Fsp3) is 0.231. The minimum Gasteiger partial charge on any atom is -0.497 e. The van der Waals surface area contributed by atoms with Crippen LogP contribution in [-0.4, -0.2) is 41.9 Å². The molecular formula is C26H28FN3O3S. The number of halogens is 1. The summed E-state index contributed by atoms with van der Waals surface area (Å²) in [6.45, 7) is 6.49. The Balaban J connectivity index is 1.76. The number of nitrogens with one attached hydrogen (secondary N) is 1. The summed E-state index contributed by atoms with van der Waals surface area (Å²) in [5.74, 6) is 0.0582. The third kappa shape index (κ3) is 6.92. The Hall–Kier alpha value is -3.65. The number of amides is 3. The van der Waals surface area contributed by atoms with Gasteiger partial charge in [0.1, 0.15) is 18.1 Å². The van der Waals surface area contributed by atoms with Crippen molar-refractivity contribution in [3.8, 4) is 5.75 Å². The molecule has 0 aliphatic heterocycles. The lowest BCUT2D eigenvalue weighted by molar-refractivity contribution is -0.132. The van der Waals surface area contributed by atoms with Crippen LogP contribution in [0.25, 0.3) is 0 Å². The fourth-order valence-electron chi connectivity index (χ4n) is 3.32. The largest absolute Gasteiger partial charge is 0.497 e. The van der Waals surface area contributed by atoms with Gasteiger partial charge in [0.2, 0.25) is 5.91 Å². The van der Waals surface area contributed by atoms with Gasteiger partial charge in [-0.25, -0.2) is 9.18 Å². The van der Waals surface area contributed by atoms with E-state index in [0.717, 1.165) is 16.0 Å². The van der Waals surface area contributed by atoms with Gasteiger partial charge in [-0.3, -0.25) is 4.79 Å². The van der Waals surface area contributed by atoms with E-state index < -0.39 is 6.03 Å². The van der Waals surface area contributed by atoms with Gasteiger partial charge >= 0.3 is 6.03 Å². The van der Waals surface area contributed by atoms with Crippen molar-refractivity contribution in [3.05, 3.63) is 94.5 Å². The van der Waals surface area contributed by atoms with Crippen molar-refractivity contribution in [1.29, 1.82) is 0 Å². The first kappa shape index (κ1) is 25.0. The maximum Gasteiger partial charge on any atom is 0.322 e. The van der Waals surface area contributed by atoms with Gasteiger partial charge in [-0.2, -0.15) is 0 Å². The van der Waals surface area contributed by atoms with E-state index in [-0.39, 0.29) is 24.8 Å². The van der Waals surface area contributed by atoms with Gasteiger partial charge in [0.05, 0.1) is 13.7 Å². The average molecular weight is 482 g/mol. The monoisotopic (exact) mass is 481 g/mol. The van der Waals surface area contributed by atoms with Gasteiger partial charge in [0.25, 0.3) is 0 Å². The number of anilines is 1. The predicted octanol–water partition coefficient (Wildman–Crippen LogP) is 5.45. The highest BCUT2D eigenvalue weighted by molar-refractivity contribution is 7.10. The Morgan fingerprint density at radius 2 is 1.88 bits per heavy atom. The number of rotatable bonds is 10. The molecule has 178 valence electrons. The normalized spacial score (nSPS) is 10.4. The van der Waals surface area contributed by atoms with Crippen LogP contribution in [-0.2, 0) is 17.9 Å². The van der Waals surface area contributed by atoms with E-state index in [1.807, 2.05) is 18.4 Å². The van der Waals surface area contributed by atoms with Gasteiger partial charge in [-0.15, -0.1) is 17.9 Å². The van der Waals surface area contributed by atoms with E-state index in [1.165, 1.54) is 17.0 Å². The third-order valence-electron chi connectivity index (χ3n) is 5.23. The molecule has 3 aromatic rings. The van der Waals surface area contributed by atoms with Crippen molar-refractivity contribution < 1.29 is 18.7 Å². The van der Waals surface area contributed by atoms with Crippen molar-refractivity contribution in [2.24, 2.45) is 0 Å². The Morgan fingerprint density at radius 3 is 2.53 bits per heavy atom. The summed E-state index contributed by atoms with van der Waals surface area (Å²) in [5, 5.41) is 4.79. The highest BCUT2D eigenvalue weighted by Gasteiger charge is 2.22. The molecule has 0 saturated heterocycles. The summed E-state index contributed by atoms with van der Waals surface area (Å²) in [6.07, 6.45) is 1.58. The number of aryl methyl sites for hydroxylation is 1. The number of hydrogen-bond donors (Lipinski definition) is 1. The van der Waals surface area contributed by atoms with Gasteiger partial charge in [0, 0.05) is 29.7 Å². The molecule has 0 aliphatic carbocycles. The number of hydrogen-bond acceptors (Lipinski definition) is 4.